The van der Waals surface area contributed by atoms with Gasteiger partial charge in [0.1, 0.15) is 0 Å². The Kier molecular flexibility index (Phi) is 2.80. The molecule has 2 aliphatic carbocycles. The van der Waals surface area contributed by atoms with E-state index >= 15 is 0 Å². The van der Waals surface area contributed by atoms with Crippen LogP contribution < -0.4 is 5.32 Å². The molecule has 3 rings (SSSR count). The molecule has 16 heavy (non-hydrogen) atoms. The lowest BCUT2D eigenvalue weighted by molar-refractivity contribution is 0.255. The van der Waals surface area contributed by atoms with Crippen LogP contribution in [0.4, 0.5) is 0 Å². The van der Waals surface area contributed by atoms with Crippen LogP contribution >= 0.6 is 11.3 Å². The zero-order valence-electron chi connectivity index (χ0n) is 10.0. The minimum atomic E-state index is 0.504. The van der Waals surface area contributed by atoms with Gasteiger partial charge in [0, 0.05) is 12.6 Å². The molecule has 1 unspecified atom stereocenters. The Morgan fingerprint density at radius 1 is 1.38 bits per heavy atom. The maximum atomic E-state index is 3.73. The van der Waals surface area contributed by atoms with Crippen molar-refractivity contribution in [2.45, 2.75) is 45.1 Å². The Hall–Kier alpha value is -0.340. The Balaban J connectivity index is 1.63. The van der Waals surface area contributed by atoms with Crippen LogP contribution in [0.15, 0.2) is 16.8 Å². The first kappa shape index (κ1) is 10.8. The van der Waals surface area contributed by atoms with E-state index in [0.717, 1.165) is 12.0 Å². The first-order chi connectivity index (χ1) is 7.76. The van der Waals surface area contributed by atoms with Gasteiger partial charge >= 0.3 is 0 Å². The Morgan fingerprint density at radius 2 is 2.19 bits per heavy atom. The van der Waals surface area contributed by atoms with Crippen LogP contribution in [0.2, 0.25) is 0 Å². The Labute approximate surface area is 102 Å². The molecular formula is C14H21NS. The minimum Gasteiger partial charge on any atom is -0.313 e. The van der Waals surface area contributed by atoms with Crippen LogP contribution in [0.1, 0.15) is 38.2 Å². The second-order valence-electron chi connectivity index (χ2n) is 5.89. The third kappa shape index (κ3) is 2.49. The van der Waals surface area contributed by atoms with Crippen LogP contribution in [-0.2, 0) is 6.42 Å². The summed E-state index contributed by atoms with van der Waals surface area (Å²) in [5.41, 5.74) is 2.04. The molecule has 1 nitrogen and oxygen atoms in total. The van der Waals surface area contributed by atoms with Gasteiger partial charge in [-0.1, -0.05) is 6.92 Å². The maximum Gasteiger partial charge on any atom is 0.00684 e. The minimum absolute atomic E-state index is 0.504. The Bertz CT molecular complexity index is 338. The SMILES string of the molecule is CC(CNC1CC1)(Cc1ccsc1)C1CC1. The summed E-state index contributed by atoms with van der Waals surface area (Å²) in [6.07, 6.45) is 6.97. The number of thiophene rings is 1. The third-order valence-corrected chi connectivity index (χ3v) is 4.85. The molecule has 0 amide bonds. The number of hydrogen-bond donors (Lipinski definition) is 1. The van der Waals surface area contributed by atoms with E-state index in [0.29, 0.717) is 5.41 Å². The molecule has 2 heteroatoms. The quantitative estimate of drug-likeness (QED) is 0.796. The summed E-state index contributed by atoms with van der Waals surface area (Å²) in [6.45, 7) is 3.70. The van der Waals surface area contributed by atoms with Crippen molar-refractivity contribution in [1.29, 1.82) is 0 Å². The highest BCUT2D eigenvalue weighted by Crippen LogP contribution is 2.47. The number of hydrogen-bond acceptors (Lipinski definition) is 2. The predicted molar refractivity (Wildman–Crippen MR) is 69.9 cm³/mol. The van der Waals surface area contributed by atoms with Crippen molar-refractivity contribution in [3.63, 3.8) is 0 Å². The fraction of sp³-hybridized carbons (Fsp3) is 0.714. The smallest absolute Gasteiger partial charge is 0.00684 e. The lowest BCUT2D eigenvalue weighted by atomic mass is 9.79. The van der Waals surface area contributed by atoms with Crippen molar-refractivity contribution in [3.05, 3.63) is 22.4 Å². The summed E-state index contributed by atoms with van der Waals surface area (Å²) in [5, 5.41) is 8.26. The highest BCUT2D eigenvalue weighted by molar-refractivity contribution is 7.07. The van der Waals surface area contributed by atoms with Gasteiger partial charge in [-0.25, -0.2) is 0 Å². The van der Waals surface area contributed by atoms with Gasteiger partial charge in [0.2, 0.25) is 0 Å². The van der Waals surface area contributed by atoms with E-state index < -0.39 is 0 Å². The largest absolute Gasteiger partial charge is 0.313 e. The average molecular weight is 235 g/mol. The first-order valence-electron chi connectivity index (χ1n) is 6.51. The van der Waals surface area contributed by atoms with E-state index in [9.17, 15) is 0 Å². The van der Waals surface area contributed by atoms with Gasteiger partial charge in [-0.3, -0.25) is 0 Å². The molecule has 2 saturated carbocycles. The van der Waals surface area contributed by atoms with Gasteiger partial charge in [-0.05, 0) is 65.8 Å². The molecule has 0 radical (unpaired) electrons. The molecule has 2 fully saturated rings. The molecule has 88 valence electrons. The van der Waals surface area contributed by atoms with Crippen molar-refractivity contribution >= 4 is 11.3 Å². The molecule has 2 aliphatic rings. The molecule has 1 aromatic heterocycles. The van der Waals surface area contributed by atoms with Gasteiger partial charge in [0.15, 0.2) is 0 Å². The van der Waals surface area contributed by atoms with Crippen LogP contribution in [0.3, 0.4) is 0 Å². The Morgan fingerprint density at radius 3 is 2.75 bits per heavy atom. The number of rotatable bonds is 6. The highest BCUT2D eigenvalue weighted by Gasteiger charge is 2.42. The molecular weight excluding hydrogens is 214 g/mol. The van der Waals surface area contributed by atoms with Crippen LogP contribution in [0.5, 0.6) is 0 Å². The summed E-state index contributed by atoms with van der Waals surface area (Å²) in [4.78, 5) is 0. The van der Waals surface area contributed by atoms with Crippen molar-refractivity contribution < 1.29 is 0 Å². The zero-order valence-corrected chi connectivity index (χ0v) is 10.9. The van der Waals surface area contributed by atoms with E-state index in [1.165, 1.54) is 44.2 Å². The molecule has 0 aliphatic heterocycles. The van der Waals surface area contributed by atoms with Crippen LogP contribution in [0, 0.1) is 11.3 Å². The van der Waals surface area contributed by atoms with Gasteiger partial charge in [-0.15, -0.1) is 0 Å². The van der Waals surface area contributed by atoms with E-state index in [4.69, 9.17) is 0 Å². The van der Waals surface area contributed by atoms with Crippen molar-refractivity contribution in [2.24, 2.45) is 11.3 Å². The first-order valence-corrected chi connectivity index (χ1v) is 7.45. The van der Waals surface area contributed by atoms with Gasteiger partial charge in [-0.2, -0.15) is 11.3 Å². The monoisotopic (exact) mass is 235 g/mol. The molecule has 0 saturated heterocycles. The van der Waals surface area contributed by atoms with E-state index in [2.05, 4.69) is 29.1 Å². The summed E-state index contributed by atoms with van der Waals surface area (Å²) >= 11 is 1.83. The lowest BCUT2D eigenvalue weighted by Crippen LogP contribution is -2.36. The second-order valence-corrected chi connectivity index (χ2v) is 6.67. The fourth-order valence-corrected chi connectivity index (χ4v) is 3.32. The van der Waals surface area contributed by atoms with Crippen molar-refractivity contribution in [2.75, 3.05) is 6.54 Å². The molecule has 1 atom stereocenters. The average Bonchev–Trinajstić information content (AvgIpc) is 3.17. The zero-order chi connectivity index (χ0) is 11.0. The fourth-order valence-electron chi connectivity index (χ4n) is 2.66. The van der Waals surface area contributed by atoms with E-state index in [1.807, 2.05) is 11.3 Å². The topological polar surface area (TPSA) is 12.0 Å². The van der Waals surface area contributed by atoms with E-state index in [1.54, 1.807) is 0 Å². The molecule has 0 bridgehead atoms. The summed E-state index contributed by atoms with van der Waals surface area (Å²) in [6, 6.07) is 3.14. The predicted octanol–water partition coefficient (Wildman–Crippen LogP) is 3.46. The normalized spacial score (nSPS) is 24.3. The molecule has 1 aromatic rings. The van der Waals surface area contributed by atoms with Crippen LogP contribution in [-0.4, -0.2) is 12.6 Å². The molecule has 0 aromatic carbocycles. The molecule has 1 N–H and O–H groups in total. The van der Waals surface area contributed by atoms with Gasteiger partial charge < -0.3 is 5.32 Å². The summed E-state index contributed by atoms with van der Waals surface area (Å²) in [7, 11) is 0. The molecule has 1 heterocycles. The summed E-state index contributed by atoms with van der Waals surface area (Å²) < 4.78 is 0. The summed E-state index contributed by atoms with van der Waals surface area (Å²) in [5.74, 6) is 0.971. The third-order valence-electron chi connectivity index (χ3n) is 4.12. The number of nitrogens with one attached hydrogen (secondary N) is 1. The van der Waals surface area contributed by atoms with Crippen molar-refractivity contribution in [3.8, 4) is 0 Å². The van der Waals surface area contributed by atoms with Gasteiger partial charge in [0.25, 0.3) is 0 Å². The molecule has 0 spiro atoms. The second kappa shape index (κ2) is 4.15. The van der Waals surface area contributed by atoms with Crippen LogP contribution in [0.25, 0.3) is 0 Å². The van der Waals surface area contributed by atoms with E-state index in [-0.39, 0.29) is 0 Å². The maximum absolute atomic E-state index is 3.73. The lowest BCUT2D eigenvalue weighted by Gasteiger charge is -2.30. The highest BCUT2D eigenvalue weighted by atomic mass is 32.1. The van der Waals surface area contributed by atoms with Crippen molar-refractivity contribution in [1.82, 2.24) is 5.32 Å². The van der Waals surface area contributed by atoms with Gasteiger partial charge in [0.05, 0.1) is 0 Å². The standard InChI is InChI=1S/C14H21NS/c1-14(12-2-3-12,10-15-13-4-5-13)8-11-6-7-16-9-11/h6-7,9,12-13,15H,2-5,8,10H2,1H3.